The molecule has 1 aliphatic heterocycles. The minimum Gasteiger partial charge on any atom is -0.497 e. The standard InChI is InChI=1S/C19H21ClN2O2/c1-14-11-22(17-6-8-18(24-2)9-7-17)19(23)13-21(14)12-15-4-3-5-16(20)10-15/h3-10,14H,11-13H2,1-2H3. The van der Waals surface area contributed by atoms with Gasteiger partial charge in [-0.25, -0.2) is 0 Å². The van der Waals surface area contributed by atoms with Crippen molar-refractivity contribution in [2.45, 2.75) is 19.5 Å². The van der Waals surface area contributed by atoms with Gasteiger partial charge in [0.1, 0.15) is 5.75 Å². The molecule has 0 aromatic heterocycles. The zero-order valence-electron chi connectivity index (χ0n) is 13.9. The van der Waals surface area contributed by atoms with Crippen LogP contribution in [0.2, 0.25) is 5.02 Å². The summed E-state index contributed by atoms with van der Waals surface area (Å²) in [5.41, 5.74) is 2.04. The molecule has 1 saturated heterocycles. The fourth-order valence-electron chi connectivity index (χ4n) is 2.99. The van der Waals surface area contributed by atoms with Crippen LogP contribution in [-0.2, 0) is 11.3 Å². The Kier molecular flexibility index (Phi) is 5.07. The molecule has 1 amide bonds. The fourth-order valence-corrected chi connectivity index (χ4v) is 3.20. The average molecular weight is 345 g/mol. The lowest BCUT2D eigenvalue weighted by atomic mass is 10.1. The van der Waals surface area contributed by atoms with Crippen LogP contribution >= 0.6 is 11.6 Å². The van der Waals surface area contributed by atoms with Gasteiger partial charge in [0.15, 0.2) is 0 Å². The molecule has 2 aromatic rings. The first-order chi connectivity index (χ1) is 11.6. The number of amides is 1. The number of halogens is 1. The molecule has 1 fully saturated rings. The van der Waals surface area contributed by atoms with Crippen molar-refractivity contribution in [1.82, 2.24) is 4.90 Å². The fraction of sp³-hybridized carbons (Fsp3) is 0.316. The number of piperazine rings is 1. The third-order valence-corrected chi connectivity index (χ3v) is 4.60. The second-order valence-corrected chi connectivity index (χ2v) is 6.52. The number of hydrogen-bond acceptors (Lipinski definition) is 3. The zero-order valence-corrected chi connectivity index (χ0v) is 14.7. The van der Waals surface area contributed by atoms with Gasteiger partial charge in [0.05, 0.1) is 13.7 Å². The van der Waals surface area contributed by atoms with E-state index < -0.39 is 0 Å². The summed E-state index contributed by atoms with van der Waals surface area (Å²) >= 11 is 6.05. The Morgan fingerprint density at radius 2 is 1.96 bits per heavy atom. The van der Waals surface area contributed by atoms with Crippen molar-refractivity contribution >= 4 is 23.2 Å². The van der Waals surface area contributed by atoms with E-state index in [9.17, 15) is 4.79 Å². The molecule has 2 aromatic carbocycles. The van der Waals surface area contributed by atoms with Gasteiger partial charge in [0.2, 0.25) is 5.91 Å². The summed E-state index contributed by atoms with van der Waals surface area (Å²) in [5, 5.41) is 0.725. The first kappa shape index (κ1) is 16.8. The second kappa shape index (κ2) is 7.24. The number of anilines is 1. The Morgan fingerprint density at radius 1 is 1.21 bits per heavy atom. The van der Waals surface area contributed by atoms with Crippen molar-refractivity contribution in [3.8, 4) is 5.75 Å². The molecule has 1 heterocycles. The highest BCUT2D eigenvalue weighted by Gasteiger charge is 2.30. The first-order valence-corrected chi connectivity index (χ1v) is 8.37. The largest absolute Gasteiger partial charge is 0.497 e. The summed E-state index contributed by atoms with van der Waals surface area (Å²) in [6.07, 6.45) is 0. The average Bonchev–Trinajstić information content (AvgIpc) is 2.58. The molecular weight excluding hydrogens is 324 g/mol. The van der Waals surface area contributed by atoms with Crippen LogP contribution in [0.5, 0.6) is 5.75 Å². The Morgan fingerprint density at radius 3 is 2.62 bits per heavy atom. The van der Waals surface area contributed by atoms with Gasteiger partial charge in [-0.1, -0.05) is 23.7 Å². The smallest absolute Gasteiger partial charge is 0.241 e. The first-order valence-electron chi connectivity index (χ1n) is 8.00. The maximum Gasteiger partial charge on any atom is 0.241 e. The number of rotatable bonds is 4. The van der Waals surface area contributed by atoms with E-state index in [4.69, 9.17) is 16.3 Å². The van der Waals surface area contributed by atoms with Gasteiger partial charge in [0, 0.05) is 29.8 Å². The monoisotopic (exact) mass is 344 g/mol. The normalized spacial score (nSPS) is 18.7. The van der Waals surface area contributed by atoms with Crippen LogP contribution in [0.15, 0.2) is 48.5 Å². The number of carbonyl (C=O) groups is 1. The molecule has 1 atom stereocenters. The van der Waals surface area contributed by atoms with Crippen LogP contribution < -0.4 is 9.64 Å². The van der Waals surface area contributed by atoms with Crippen LogP contribution in [0.3, 0.4) is 0 Å². The minimum atomic E-state index is 0.111. The van der Waals surface area contributed by atoms with Crippen LogP contribution in [0, 0.1) is 0 Å². The highest BCUT2D eigenvalue weighted by molar-refractivity contribution is 6.30. The van der Waals surface area contributed by atoms with E-state index in [1.807, 2.05) is 53.4 Å². The molecule has 3 rings (SSSR count). The minimum absolute atomic E-state index is 0.111. The Hall–Kier alpha value is -2.04. The Labute approximate surface area is 147 Å². The van der Waals surface area contributed by atoms with E-state index in [2.05, 4.69) is 11.8 Å². The van der Waals surface area contributed by atoms with Crippen LogP contribution in [0.1, 0.15) is 12.5 Å². The predicted octanol–water partition coefficient (Wildman–Crippen LogP) is 3.59. The lowest BCUT2D eigenvalue weighted by Crippen LogP contribution is -2.54. The summed E-state index contributed by atoms with van der Waals surface area (Å²) in [6, 6.07) is 15.7. The summed E-state index contributed by atoms with van der Waals surface area (Å²) < 4.78 is 5.18. The summed E-state index contributed by atoms with van der Waals surface area (Å²) in [5.74, 6) is 0.902. The molecule has 1 aliphatic rings. The van der Waals surface area contributed by atoms with Crippen molar-refractivity contribution in [3.63, 3.8) is 0 Å². The van der Waals surface area contributed by atoms with E-state index in [0.717, 1.165) is 28.6 Å². The van der Waals surface area contributed by atoms with E-state index in [0.29, 0.717) is 13.1 Å². The van der Waals surface area contributed by atoms with Gasteiger partial charge in [-0.15, -0.1) is 0 Å². The Balaban J connectivity index is 1.70. The van der Waals surface area contributed by atoms with Gasteiger partial charge in [-0.3, -0.25) is 9.69 Å². The molecule has 24 heavy (non-hydrogen) atoms. The second-order valence-electron chi connectivity index (χ2n) is 6.09. The van der Waals surface area contributed by atoms with Gasteiger partial charge in [0.25, 0.3) is 0 Å². The molecule has 0 aliphatic carbocycles. The van der Waals surface area contributed by atoms with E-state index >= 15 is 0 Å². The maximum absolute atomic E-state index is 12.6. The van der Waals surface area contributed by atoms with Gasteiger partial charge < -0.3 is 9.64 Å². The molecule has 0 radical (unpaired) electrons. The number of hydrogen-bond donors (Lipinski definition) is 0. The van der Waals surface area contributed by atoms with Crippen LogP contribution in [-0.4, -0.2) is 37.0 Å². The molecule has 0 N–H and O–H groups in total. The summed E-state index contributed by atoms with van der Waals surface area (Å²) in [6.45, 7) is 3.95. The molecule has 0 bridgehead atoms. The topological polar surface area (TPSA) is 32.8 Å². The number of ether oxygens (including phenoxy) is 1. The zero-order chi connectivity index (χ0) is 17.1. The molecule has 5 heteroatoms. The molecule has 1 unspecified atom stereocenters. The van der Waals surface area contributed by atoms with E-state index in [1.54, 1.807) is 7.11 Å². The third-order valence-electron chi connectivity index (χ3n) is 4.37. The van der Waals surface area contributed by atoms with Gasteiger partial charge >= 0.3 is 0 Å². The maximum atomic E-state index is 12.6. The van der Waals surface area contributed by atoms with Gasteiger partial charge in [-0.05, 0) is 48.9 Å². The molecule has 0 spiro atoms. The molecule has 4 nitrogen and oxygen atoms in total. The van der Waals surface area contributed by atoms with Crippen molar-refractivity contribution < 1.29 is 9.53 Å². The highest BCUT2D eigenvalue weighted by Crippen LogP contribution is 2.24. The molecule has 126 valence electrons. The van der Waals surface area contributed by atoms with E-state index in [1.165, 1.54) is 0 Å². The summed E-state index contributed by atoms with van der Waals surface area (Å²) in [7, 11) is 1.64. The quantitative estimate of drug-likeness (QED) is 0.849. The lowest BCUT2D eigenvalue weighted by molar-refractivity contribution is -0.122. The van der Waals surface area contributed by atoms with Crippen molar-refractivity contribution in [1.29, 1.82) is 0 Å². The lowest BCUT2D eigenvalue weighted by Gasteiger charge is -2.39. The highest BCUT2D eigenvalue weighted by atomic mass is 35.5. The van der Waals surface area contributed by atoms with E-state index in [-0.39, 0.29) is 11.9 Å². The van der Waals surface area contributed by atoms with Gasteiger partial charge in [-0.2, -0.15) is 0 Å². The number of carbonyl (C=O) groups excluding carboxylic acids is 1. The SMILES string of the molecule is COc1ccc(N2CC(C)N(Cc3cccc(Cl)c3)CC2=O)cc1. The number of benzene rings is 2. The van der Waals surface area contributed by atoms with Crippen molar-refractivity contribution in [2.24, 2.45) is 0 Å². The van der Waals surface area contributed by atoms with Crippen molar-refractivity contribution in [2.75, 3.05) is 25.1 Å². The van der Waals surface area contributed by atoms with Crippen LogP contribution in [0.25, 0.3) is 0 Å². The Bertz CT molecular complexity index is 718. The third kappa shape index (κ3) is 3.71. The predicted molar refractivity (Wildman–Crippen MR) is 96.7 cm³/mol. The molecular formula is C19H21ClN2O2. The number of methoxy groups -OCH3 is 1. The summed E-state index contributed by atoms with van der Waals surface area (Å²) in [4.78, 5) is 16.6. The number of nitrogens with zero attached hydrogens (tertiary/aromatic N) is 2. The van der Waals surface area contributed by atoms with Crippen LogP contribution in [0.4, 0.5) is 5.69 Å². The van der Waals surface area contributed by atoms with Crippen molar-refractivity contribution in [3.05, 3.63) is 59.1 Å². The molecule has 0 saturated carbocycles.